The zero-order valence-electron chi connectivity index (χ0n) is 21.2. The second kappa shape index (κ2) is 8.49. The molecule has 34 heavy (non-hydrogen) atoms. The van der Waals surface area contributed by atoms with Gasteiger partial charge in [0.1, 0.15) is 0 Å². The van der Waals surface area contributed by atoms with Gasteiger partial charge in [0, 0.05) is 13.7 Å². The van der Waals surface area contributed by atoms with Gasteiger partial charge >= 0.3 is 5.97 Å². The van der Waals surface area contributed by atoms with Gasteiger partial charge in [-0.15, -0.1) is 0 Å². The summed E-state index contributed by atoms with van der Waals surface area (Å²) in [7, 11) is 1.76. The highest BCUT2D eigenvalue weighted by atomic mass is 16.5. The number of carboxylic acids is 1. The fraction of sp³-hybridized carbons (Fsp3) is 0.931. The zero-order chi connectivity index (χ0) is 23.6. The molecule has 6 bridgehead atoms. The number of methoxy groups -OCH3 is 1. The highest BCUT2D eigenvalue weighted by Crippen LogP contribution is 2.67. The molecule has 1 heterocycles. The first-order valence-corrected chi connectivity index (χ1v) is 14.4. The third-order valence-corrected chi connectivity index (χ3v) is 11.5. The Balaban J connectivity index is 1.17. The third kappa shape index (κ3) is 3.83. The highest BCUT2D eigenvalue weighted by Gasteiger charge is 2.61. The van der Waals surface area contributed by atoms with Crippen molar-refractivity contribution >= 4 is 11.9 Å². The Morgan fingerprint density at radius 2 is 1.71 bits per heavy atom. The number of nitrogens with zero attached hydrogens (tertiary/aromatic N) is 1. The van der Waals surface area contributed by atoms with Crippen molar-refractivity contribution in [3.8, 4) is 0 Å². The molecule has 6 aliphatic carbocycles. The molecule has 6 atom stereocenters. The summed E-state index contributed by atoms with van der Waals surface area (Å²) >= 11 is 0. The van der Waals surface area contributed by atoms with Gasteiger partial charge in [-0.3, -0.25) is 9.59 Å². The van der Waals surface area contributed by atoms with Crippen molar-refractivity contribution in [2.24, 2.45) is 39.9 Å². The van der Waals surface area contributed by atoms with E-state index in [2.05, 4.69) is 4.90 Å². The monoisotopic (exact) mass is 471 g/mol. The smallest absolute Gasteiger partial charge is 0.309 e. The zero-order valence-corrected chi connectivity index (χ0v) is 21.2. The molecule has 6 saturated carbocycles. The topological polar surface area (TPSA) is 66.8 Å². The van der Waals surface area contributed by atoms with Crippen molar-refractivity contribution in [1.29, 1.82) is 0 Å². The summed E-state index contributed by atoms with van der Waals surface area (Å²) in [4.78, 5) is 28.5. The highest BCUT2D eigenvalue weighted by molar-refractivity contribution is 5.84. The average Bonchev–Trinajstić information content (AvgIpc) is 3.24. The molecular formula is C29H45NO4. The van der Waals surface area contributed by atoms with E-state index in [1.165, 1.54) is 44.9 Å². The van der Waals surface area contributed by atoms with Gasteiger partial charge < -0.3 is 14.7 Å². The molecule has 190 valence electrons. The van der Waals surface area contributed by atoms with E-state index in [0.717, 1.165) is 76.2 Å². The summed E-state index contributed by atoms with van der Waals surface area (Å²) < 4.78 is 5.47. The molecule has 5 nitrogen and oxygen atoms in total. The maximum atomic E-state index is 14.1. The lowest BCUT2D eigenvalue weighted by atomic mass is 9.43. The summed E-state index contributed by atoms with van der Waals surface area (Å²) in [6.07, 6.45) is 18.2. The summed E-state index contributed by atoms with van der Waals surface area (Å²) in [6.45, 7) is 1.59. The number of rotatable bonds is 7. The van der Waals surface area contributed by atoms with Gasteiger partial charge in [0.15, 0.2) is 0 Å². The van der Waals surface area contributed by atoms with Gasteiger partial charge in [-0.05, 0) is 119 Å². The van der Waals surface area contributed by atoms with E-state index < -0.39 is 11.4 Å². The molecule has 7 rings (SSSR count). The maximum Gasteiger partial charge on any atom is 0.309 e. The van der Waals surface area contributed by atoms with Gasteiger partial charge in [-0.1, -0.05) is 12.8 Å². The van der Waals surface area contributed by atoms with E-state index in [1.54, 1.807) is 7.11 Å². The first-order chi connectivity index (χ1) is 16.3. The molecule has 0 aromatic heterocycles. The number of fused-ring (bicyclic) bond motifs is 2. The average molecular weight is 472 g/mol. The first kappa shape index (κ1) is 23.3. The van der Waals surface area contributed by atoms with E-state index in [0.29, 0.717) is 29.8 Å². The second-order valence-corrected chi connectivity index (χ2v) is 13.9. The van der Waals surface area contributed by atoms with E-state index >= 15 is 0 Å². The van der Waals surface area contributed by atoms with Gasteiger partial charge in [0.2, 0.25) is 5.91 Å². The van der Waals surface area contributed by atoms with Crippen LogP contribution in [0, 0.1) is 39.9 Å². The van der Waals surface area contributed by atoms with Crippen LogP contribution in [0.1, 0.15) is 103 Å². The summed E-state index contributed by atoms with van der Waals surface area (Å²) in [5.74, 6) is 2.58. The first-order valence-electron chi connectivity index (χ1n) is 14.4. The molecule has 1 saturated heterocycles. The van der Waals surface area contributed by atoms with Crippen LogP contribution in [0.25, 0.3) is 0 Å². The van der Waals surface area contributed by atoms with Crippen LogP contribution < -0.4 is 0 Å². The second-order valence-electron chi connectivity index (χ2n) is 13.9. The summed E-state index contributed by atoms with van der Waals surface area (Å²) in [6, 6.07) is 0.273. The molecule has 7 fully saturated rings. The van der Waals surface area contributed by atoms with Gasteiger partial charge in [0.25, 0.3) is 0 Å². The number of hydrogen-bond acceptors (Lipinski definition) is 3. The Bertz CT molecular complexity index is 811. The normalized spacial score (nSPS) is 47.2. The number of carbonyl (C=O) groups excluding carboxylic acids is 1. The van der Waals surface area contributed by atoms with Crippen molar-refractivity contribution in [2.45, 2.75) is 109 Å². The van der Waals surface area contributed by atoms with Crippen molar-refractivity contribution in [1.82, 2.24) is 4.90 Å². The minimum Gasteiger partial charge on any atom is -0.481 e. The lowest BCUT2D eigenvalue weighted by molar-refractivity contribution is -0.171. The largest absolute Gasteiger partial charge is 0.481 e. The van der Waals surface area contributed by atoms with Crippen LogP contribution in [0.3, 0.4) is 0 Å². The lowest BCUT2D eigenvalue weighted by Gasteiger charge is -2.62. The predicted molar refractivity (Wildman–Crippen MR) is 130 cm³/mol. The van der Waals surface area contributed by atoms with E-state index in [-0.39, 0.29) is 11.5 Å². The summed E-state index contributed by atoms with van der Waals surface area (Å²) in [5.41, 5.74) is -0.221. The molecule has 0 radical (unpaired) electrons. The van der Waals surface area contributed by atoms with E-state index in [1.807, 2.05) is 0 Å². The Morgan fingerprint density at radius 1 is 0.941 bits per heavy atom. The van der Waals surface area contributed by atoms with E-state index in [9.17, 15) is 14.7 Å². The maximum absolute atomic E-state index is 14.1. The molecule has 0 aromatic carbocycles. The van der Waals surface area contributed by atoms with Crippen LogP contribution in [-0.4, -0.2) is 48.2 Å². The van der Waals surface area contributed by atoms with Gasteiger partial charge in [0.05, 0.1) is 23.5 Å². The van der Waals surface area contributed by atoms with E-state index in [4.69, 9.17) is 4.74 Å². The fourth-order valence-corrected chi connectivity index (χ4v) is 10.8. The molecule has 0 spiro atoms. The number of aliphatic carboxylic acids is 1. The lowest BCUT2D eigenvalue weighted by Crippen LogP contribution is -2.59. The van der Waals surface area contributed by atoms with Crippen LogP contribution in [0.15, 0.2) is 0 Å². The number of likely N-dealkylation sites (tertiary alicyclic amines) is 1. The van der Waals surface area contributed by atoms with Crippen molar-refractivity contribution < 1.29 is 19.4 Å². The van der Waals surface area contributed by atoms with Crippen LogP contribution >= 0.6 is 0 Å². The number of hydrogen-bond donors (Lipinski definition) is 1. The molecule has 6 unspecified atom stereocenters. The van der Waals surface area contributed by atoms with Gasteiger partial charge in [-0.25, -0.2) is 0 Å². The van der Waals surface area contributed by atoms with Crippen molar-refractivity contribution in [3.05, 3.63) is 0 Å². The third-order valence-electron chi connectivity index (χ3n) is 11.5. The summed E-state index contributed by atoms with van der Waals surface area (Å²) in [5, 5.41) is 10.1. The Morgan fingerprint density at radius 3 is 2.44 bits per heavy atom. The molecule has 0 aromatic rings. The number of amides is 1. The number of carboxylic acid groups (broad SMARTS) is 1. The van der Waals surface area contributed by atoms with Crippen LogP contribution in [0.4, 0.5) is 0 Å². The molecule has 1 N–H and O–H groups in total. The predicted octanol–water partition coefficient (Wildman–Crippen LogP) is 5.66. The molecule has 1 aliphatic heterocycles. The Labute approximate surface area is 205 Å². The Kier molecular flexibility index (Phi) is 5.82. The SMILES string of the molecule is COCC1CCCN1C(=O)C12CC3CC(CC(CCC4CC5CCCC(C(=O)O)(C5)C4)(C3)C1)C2. The quantitative estimate of drug-likeness (QED) is 0.520. The van der Waals surface area contributed by atoms with Gasteiger partial charge in [-0.2, -0.15) is 0 Å². The standard InChI is InChI=1S/C29H45NO4/c1-34-18-24-5-3-9-30(24)25(31)29-16-22-11-23(17-29)13-27(12-22,19-29)8-6-21-10-20-4-2-7-28(14-20,15-21)26(32)33/h20-24H,2-19H2,1H3,(H,32,33). The minimum absolute atomic E-state index is 0.119. The molecular weight excluding hydrogens is 426 g/mol. The Hall–Kier alpha value is -1.10. The molecule has 5 heteroatoms. The van der Waals surface area contributed by atoms with Crippen LogP contribution in [0.2, 0.25) is 0 Å². The minimum atomic E-state index is -0.530. The number of carbonyl (C=O) groups is 2. The molecule has 7 aliphatic rings. The molecule has 1 amide bonds. The van der Waals surface area contributed by atoms with Crippen molar-refractivity contribution in [3.63, 3.8) is 0 Å². The fourth-order valence-electron chi connectivity index (χ4n) is 10.8. The van der Waals surface area contributed by atoms with Crippen LogP contribution in [-0.2, 0) is 14.3 Å². The van der Waals surface area contributed by atoms with Crippen LogP contribution in [0.5, 0.6) is 0 Å². The van der Waals surface area contributed by atoms with Crippen molar-refractivity contribution in [2.75, 3.05) is 20.3 Å². The number of ether oxygens (including phenoxy) is 1.